The van der Waals surface area contributed by atoms with Crippen LogP contribution in [0.1, 0.15) is 46.3 Å². The molecule has 40 heavy (non-hydrogen) atoms. The minimum atomic E-state index is -4.61. The van der Waals surface area contributed by atoms with Crippen LogP contribution in [0.4, 0.5) is 18.9 Å². The topological polar surface area (TPSA) is 83.3 Å². The number of alkyl halides is 3. The first kappa shape index (κ1) is 26.2. The molecule has 1 amide bonds. The zero-order valence-corrected chi connectivity index (χ0v) is 21.8. The first-order chi connectivity index (χ1) is 19.2. The molecule has 1 aromatic heterocycles. The fraction of sp³-hybridized carbons (Fsp3) is 0.300. The Balaban J connectivity index is 1.33. The van der Waals surface area contributed by atoms with E-state index in [1.54, 1.807) is 24.5 Å². The minimum Gasteiger partial charge on any atom is -0.392 e. The summed E-state index contributed by atoms with van der Waals surface area (Å²) in [5.41, 5.74) is 2.63. The second kappa shape index (κ2) is 10.2. The number of aromatic nitrogens is 3. The lowest BCUT2D eigenvalue weighted by molar-refractivity contribution is -0.138. The summed E-state index contributed by atoms with van der Waals surface area (Å²) >= 11 is 0. The lowest BCUT2D eigenvalue weighted by Gasteiger charge is -2.18. The number of hydrogen-bond acceptors (Lipinski definition) is 5. The molecule has 0 saturated heterocycles. The molecule has 0 bridgehead atoms. The number of rotatable bonds is 6. The van der Waals surface area contributed by atoms with Crippen molar-refractivity contribution < 1.29 is 23.1 Å². The molecule has 1 saturated carbocycles. The average molecular weight is 548 g/mol. The van der Waals surface area contributed by atoms with E-state index in [-0.39, 0.29) is 30.3 Å². The zero-order valence-electron chi connectivity index (χ0n) is 21.8. The third-order valence-electron chi connectivity index (χ3n) is 7.80. The Kier molecular flexibility index (Phi) is 6.67. The fourth-order valence-corrected chi connectivity index (χ4v) is 5.76. The van der Waals surface area contributed by atoms with E-state index in [0.29, 0.717) is 23.5 Å². The average Bonchev–Trinajstić information content (AvgIpc) is 3.65. The SMILES string of the molecule is Cn1cnnc1-c1ccccc1-c1cccc(N2Cc3c(cc(CN[C@@H]4CCC[C@H]4O)cc3C(F)(F)F)C2=O)c1. The van der Waals surface area contributed by atoms with E-state index in [2.05, 4.69) is 15.5 Å². The van der Waals surface area contributed by atoms with Gasteiger partial charge in [0.2, 0.25) is 0 Å². The van der Waals surface area contributed by atoms with Gasteiger partial charge in [-0.15, -0.1) is 10.2 Å². The van der Waals surface area contributed by atoms with E-state index in [1.807, 2.05) is 48.0 Å². The number of hydrogen-bond donors (Lipinski definition) is 2. The number of benzene rings is 3. The first-order valence-electron chi connectivity index (χ1n) is 13.2. The molecule has 206 valence electrons. The van der Waals surface area contributed by atoms with Crippen LogP contribution in [0.25, 0.3) is 22.5 Å². The highest BCUT2D eigenvalue weighted by Gasteiger charge is 2.40. The van der Waals surface area contributed by atoms with Gasteiger partial charge in [0, 0.05) is 36.4 Å². The number of fused-ring (bicyclic) bond motifs is 1. The van der Waals surface area contributed by atoms with Gasteiger partial charge in [-0.05, 0) is 65.8 Å². The second-order valence-electron chi connectivity index (χ2n) is 10.4. The molecule has 10 heteroatoms. The number of anilines is 1. The molecular formula is C30H28F3N5O2. The number of aliphatic hydroxyl groups excluding tert-OH is 1. The molecule has 1 aliphatic heterocycles. The van der Waals surface area contributed by atoms with Crippen molar-refractivity contribution in [2.24, 2.45) is 7.05 Å². The Hall–Kier alpha value is -4.02. The van der Waals surface area contributed by atoms with Crippen LogP contribution in [0.15, 0.2) is 67.0 Å². The van der Waals surface area contributed by atoms with Crippen LogP contribution in [0, 0.1) is 0 Å². The Labute approximate surface area is 229 Å². The van der Waals surface area contributed by atoms with E-state index in [9.17, 15) is 23.1 Å². The number of nitrogens with one attached hydrogen (secondary N) is 1. The Morgan fingerprint density at radius 3 is 2.52 bits per heavy atom. The summed E-state index contributed by atoms with van der Waals surface area (Å²) in [6.45, 7) is -0.0356. The summed E-state index contributed by atoms with van der Waals surface area (Å²) in [5, 5.41) is 21.4. The van der Waals surface area contributed by atoms with Gasteiger partial charge >= 0.3 is 6.18 Å². The lowest BCUT2D eigenvalue weighted by Crippen LogP contribution is -2.35. The Morgan fingerprint density at radius 2 is 1.82 bits per heavy atom. The van der Waals surface area contributed by atoms with Gasteiger partial charge in [0.1, 0.15) is 6.33 Å². The standard InChI is InChI=1S/C30H28F3N5O2/c1-37-17-35-36-28(37)22-9-3-2-8-21(22)19-6-4-7-20(14-19)38-16-24-23(29(38)40)12-18(13-25(24)30(31,32)33)15-34-26-10-5-11-27(26)39/h2-4,6-9,12-14,17,26-27,34,39H,5,10-11,15-16H2,1H3/t26-,27-/m1/s1. The molecule has 1 fully saturated rings. The van der Waals surface area contributed by atoms with Crippen molar-refractivity contribution in [1.82, 2.24) is 20.1 Å². The maximum absolute atomic E-state index is 14.2. The lowest BCUT2D eigenvalue weighted by atomic mass is 9.98. The summed E-state index contributed by atoms with van der Waals surface area (Å²) < 4.78 is 44.3. The van der Waals surface area contributed by atoms with Crippen LogP contribution >= 0.6 is 0 Å². The number of carbonyl (C=O) groups is 1. The Bertz CT molecular complexity index is 1580. The largest absolute Gasteiger partial charge is 0.416 e. The molecule has 2 aliphatic rings. The van der Waals surface area contributed by atoms with E-state index in [4.69, 9.17) is 0 Å². The molecule has 0 radical (unpaired) electrons. The van der Waals surface area contributed by atoms with E-state index < -0.39 is 23.8 Å². The van der Waals surface area contributed by atoms with Crippen molar-refractivity contribution in [3.8, 4) is 22.5 Å². The summed E-state index contributed by atoms with van der Waals surface area (Å²) in [6.07, 6.45) is -1.21. The molecular weight excluding hydrogens is 519 g/mol. The smallest absolute Gasteiger partial charge is 0.392 e. The van der Waals surface area contributed by atoms with Crippen molar-refractivity contribution in [2.75, 3.05) is 4.90 Å². The van der Waals surface area contributed by atoms with Gasteiger partial charge < -0.3 is 19.9 Å². The molecule has 2 N–H and O–H groups in total. The van der Waals surface area contributed by atoms with Crippen molar-refractivity contribution in [1.29, 1.82) is 0 Å². The summed E-state index contributed by atoms with van der Waals surface area (Å²) in [4.78, 5) is 15.0. The number of nitrogens with zero attached hydrogens (tertiary/aromatic N) is 4. The molecule has 6 rings (SSSR count). The predicted octanol–water partition coefficient (Wildman–Crippen LogP) is 5.33. The van der Waals surface area contributed by atoms with Gasteiger partial charge in [0.25, 0.3) is 5.91 Å². The number of amides is 1. The minimum absolute atomic E-state index is 0.0213. The van der Waals surface area contributed by atoms with Crippen LogP contribution in [0.2, 0.25) is 0 Å². The number of carbonyl (C=O) groups excluding carboxylic acids is 1. The monoisotopic (exact) mass is 547 g/mol. The van der Waals surface area contributed by atoms with E-state index in [0.717, 1.165) is 35.6 Å². The van der Waals surface area contributed by atoms with Crippen molar-refractivity contribution in [2.45, 2.75) is 50.7 Å². The predicted molar refractivity (Wildman–Crippen MR) is 144 cm³/mol. The third-order valence-corrected chi connectivity index (χ3v) is 7.80. The molecule has 2 heterocycles. The Morgan fingerprint density at radius 1 is 1.02 bits per heavy atom. The molecule has 1 aliphatic carbocycles. The van der Waals surface area contributed by atoms with Crippen LogP contribution in [0.5, 0.6) is 0 Å². The second-order valence-corrected chi connectivity index (χ2v) is 10.4. The van der Waals surface area contributed by atoms with Gasteiger partial charge in [0.15, 0.2) is 5.82 Å². The van der Waals surface area contributed by atoms with Gasteiger partial charge in [-0.25, -0.2) is 0 Å². The number of aryl methyl sites for hydroxylation is 1. The zero-order chi connectivity index (χ0) is 28.0. The molecule has 3 aromatic carbocycles. The van der Waals surface area contributed by atoms with Gasteiger partial charge in [0.05, 0.1) is 18.2 Å². The fourth-order valence-electron chi connectivity index (χ4n) is 5.76. The third kappa shape index (κ3) is 4.77. The molecule has 0 spiro atoms. The highest BCUT2D eigenvalue weighted by atomic mass is 19.4. The van der Waals surface area contributed by atoms with Crippen LogP contribution in [-0.2, 0) is 26.3 Å². The van der Waals surface area contributed by atoms with Crippen LogP contribution in [-0.4, -0.2) is 37.9 Å². The molecule has 0 unspecified atom stereocenters. The van der Waals surface area contributed by atoms with Crippen LogP contribution in [0.3, 0.4) is 0 Å². The highest BCUT2D eigenvalue weighted by molar-refractivity contribution is 6.10. The normalized spacial score (nSPS) is 18.9. The number of halogens is 3. The van der Waals surface area contributed by atoms with E-state index >= 15 is 0 Å². The van der Waals surface area contributed by atoms with Gasteiger partial charge in [-0.1, -0.05) is 36.4 Å². The summed E-state index contributed by atoms with van der Waals surface area (Å²) in [6, 6.07) is 17.4. The van der Waals surface area contributed by atoms with Gasteiger partial charge in [-0.3, -0.25) is 4.79 Å². The summed E-state index contributed by atoms with van der Waals surface area (Å²) in [7, 11) is 1.85. The van der Waals surface area contributed by atoms with Crippen molar-refractivity contribution in [3.63, 3.8) is 0 Å². The molecule has 7 nitrogen and oxygen atoms in total. The molecule has 2 atom stereocenters. The van der Waals surface area contributed by atoms with Gasteiger partial charge in [-0.2, -0.15) is 13.2 Å². The van der Waals surface area contributed by atoms with Crippen molar-refractivity contribution >= 4 is 11.6 Å². The highest BCUT2D eigenvalue weighted by Crippen LogP contribution is 2.40. The van der Waals surface area contributed by atoms with Crippen LogP contribution < -0.4 is 10.2 Å². The quantitative estimate of drug-likeness (QED) is 0.341. The molecule has 4 aromatic rings. The maximum atomic E-state index is 14.2. The first-order valence-corrected chi connectivity index (χ1v) is 13.2. The summed E-state index contributed by atoms with van der Waals surface area (Å²) in [5.74, 6) is 0.203. The van der Waals surface area contributed by atoms with E-state index in [1.165, 1.54) is 4.90 Å². The van der Waals surface area contributed by atoms with Crippen molar-refractivity contribution in [3.05, 3.63) is 89.2 Å². The number of aliphatic hydroxyl groups is 1. The maximum Gasteiger partial charge on any atom is 0.416 e.